The third-order valence-corrected chi connectivity index (χ3v) is 5.98. The molecule has 0 aliphatic carbocycles. The Morgan fingerprint density at radius 3 is 2.76 bits per heavy atom. The van der Waals surface area contributed by atoms with Gasteiger partial charge < -0.3 is 9.30 Å². The van der Waals surface area contributed by atoms with E-state index in [4.69, 9.17) is 10.1 Å². The summed E-state index contributed by atoms with van der Waals surface area (Å²) in [6, 6.07) is 10.9. The normalized spacial score (nSPS) is 18.0. The van der Waals surface area contributed by atoms with Crippen molar-refractivity contribution in [3.63, 3.8) is 0 Å². The highest BCUT2D eigenvalue weighted by atomic mass is 32.2. The van der Waals surface area contributed by atoms with Gasteiger partial charge in [0.05, 0.1) is 24.6 Å². The van der Waals surface area contributed by atoms with E-state index >= 15 is 0 Å². The number of amidine groups is 3. The average molecular weight is 429 g/mol. The van der Waals surface area contributed by atoms with Gasteiger partial charge in [-0.25, -0.2) is 13.3 Å². The van der Waals surface area contributed by atoms with Gasteiger partial charge in [0.15, 0.2) is 0 Å². The second-order valence-electron chi connectivity index (χ2n) is 6.18. The van der Waals surface area contributed by atoms with Gasteiger partial charge in [-0.1, -0.05) is 6.07 Å². The van der Waals surface area contributed by atoms with Gasteiger partial charge in [0.1, 0.15) is 11.6 Å². The summed E-state index contributed by atoms with van der Waals surface area (Å²) < 4.78 is 34.9. The van der Waals surface area contributed by atoms with Gasteiger partial charge in [0.2, 0.25) is 20.2 Å². The SMILES string of the molecule is COc1cccc(-n2cccc2/C=C2/C(=N)N3C(=NC2=O)SN=C3S(C)(=O)=O)c1. The first-order valence-electron chi connectivity index (χ1n) is 8.30. The van der Waals surface area contributed by atoms with Crippen molar-refractivity contribution in [3.05, 3.63) is 53.9 Å². The van der Waals surface area contributed by atoms with Crippen LogP contribution in [0, 0.1) is 5.41 Å². The monoisotopic (exact) mass is 429 g/mol. The van der Waals surface area contributed by atoms with Gasteiger partial charge in [-0.3, -0.25) is 10.2 Å². The van der Waals surface area contributed by atoms with E-state index in [2.05, 4.69) is 9.39 Å². The van der Waals surface area contributed by atoms with Crippen LogP contribution in [0.3, 0.4) is 0 Å². The van der Waals surface area contributed by atoms with Crippen LogP contribution in [0.15, 0.2) is 57.6 Å². The summed E-state index contributed by atoms with van der Waals surface area (Å²) in [5.41, 5.74) is 1.39. The predicted molar refractivity (Wildman–Crippen MR) is 112 cm³/mol. The summed E-state index contributed by atoms with van der Waals surface area (Å²) in [4.78, 5) is 17.5. The third-order valence-electron chi connectivity index (χ3n) is 4.23. The number of aromatic nitrogens is 1. The van der Waals surface area contributed by atoms with Crippen LogP contribution in [0.5, 0.6) is 5.75 Å². The zero-order valence-electron chi connectivity index (χ0n) is 15.4. The number of nitrogens with zero attached hydrogens (tertiary/aromatic N) is 4. The molecule has 11 heteroatoms. The number of fused-ring (bicyclic) bond motifs is 1. The number of sulfone groups is 1. The maximum absolute atomic E-state index is 12.5. The van der Waals surface area contributed by atoms with Crippen LogP contribution < -0.4 is 4.74 Å². The number of amides is 1. The molecule has 4 rings (SSSR count). The minimum absolute atomic E-state index is 0.0320. The molecule has 29 heavy (non-hydrogen) atoms. The van der Waals surface area contributed by atoms with E-state index in [0.717, 1.165) is 28.8 Å². The first-order valence-corrected chi connectivity index (χ1v) is 11.0. The summed E-state index contributed by atoms with van der Waals surface area (Å²) in [6.45, 7) is 0. The van der Waals surface area contributed by atoms with E-state index < -0.39 is 15.7 Å². The van der Waals surface area contributed by atoms with Crippen molar-refractivity contribution < 1.29 is 17.9 Å². The van der Waals surface area contributed by atoms with Gasteiger partial charge in [0, 0.05) is 29.9 Å². The number of hydrogen-bond donors (Lipinski definition) is 1. The average Bonchev–Trinajstić information content (AvgIpc) is 3.31. The molecule has 0 saturated carbocycles. The number of methoxy groups -OCH3 is 1. The van der Waals surface area contributed by atoms with Crippen LogP contribution in [0.2, 0.25) is 0 Å². The largest absolute Gasteiger partial charge is 0.497 e. The predicted octanol–water partition coefficient (Wildman–Crippen LogP) is 2.11. The molecule has 0 radical (unpaired) electrons. The zero-order chi connectivity index (χ0) is 20.8. The van der Waals surface area contributed by atoms with E-state index in [-0.39, 0.29) is 21.7 Å². The fourth-order valence-electron chi connectivity index (χ4n) is 2.89. The maximum Gasteiger partial charge on any atom is 0.283 e. The standard InChI is InChI=1S/C18H15N5O4S2/c1-27-13-7-3-5-11(9-13)22-8-4-6-12(22)10-14-15(19)23-17(20-16(14)24)28-21-18(23)29(2,25)26/h3-10,19H,1-2H3/b14-10-,19-15?. The number of rotatable bonds is 3. The molecule has 1 aromatic carbocycles. The Morgan fingerprint density at radius 1 is 1.24 bits per heavy atom. The van der Waals surface area contributed by atoms with E-state index in [1.165, 1.54) is 6.08 Å². The summed E-state index contributed by atoms with van der Waals surface area (Å²) in [7, 11) is -2.12. The van der Waals surface area contributed by atoms with Crippen LogP contribution in [0.4, 0.5) is 0 Å². The Hall–Kier alpha value is -3.18. The van der Waals surface area contributed by atoms with E-state index in [0.29, 0.717) is 11.4 Å². The van der Waals surface area contributed by atoms with Gasteiger partial charge in [-0.15, -0.1) is 0 Å². The smallest absolute Gasteiger partial charge is 0.283 e. The molecule has 3 heterocycles. The Kier molecular flexibility index (Phi) is 4.63. The van der Waals surface area contributed by atoms with Crippen molar-refractivity contribution in [1.82, 2.24) is 9.47 Å². The molecular formula is C18H15N5O4S2. The summed E-state index contributed by atoms with van der Waals surface area (Å²) in [6.07, 6.45) is 4.31. The maximum atomic E-state index is 12.5. The minimum atomic E-state index is -3.69. The lowest BCUT2D eigenvalue weighted by Crippen LogP contribution is -2.45. The molecule has 0 atom stereocenters. The Balaban J connectivity index is 1.77. The molecule has 1 amide bonds. The molecule has 1 aromatic heterocycles. The number of carbonyl (C=O) groups is 1. The van der Waals surface area contributed by atoms with Crippen molar-refractivity contribution >= 4 is 49.9 Å². The first-order chi connectivity index (χ1) is 13.8. The van der Waals surface area contributed by atoms with Gasteiger partial charge in [0.25, 0.3) is 5.91 Å². The van der Waals surface area contributed by atoms with Crippen LogP contribution >= 0.6 is 11.9 Å². The van der Waals surface area contributed by atoms with Crippen LogP contribution in [-0.2, 0) is 14.6 Å². The molecule has 2 aliphatic heterocycles. The molecular weight excluding hydrogens is 414 g/mol. The number of nitrogens with one attached hydrogen (secondary N) is 1. The zero-order valence-corrected chi connectivity index (χ0v) is 17.0. The fourth-order valence-corrected chi connectivity index (χ4v) is 4.74. The van der Waals surface area contributed by atoms with Gasteiger partial charge in [-0.2, -0.15) is 9.39 Å². The lowest BCUT2D eigenvalue weighted by atomic mass is 10.1. The van der Waals surface area contributed by atoms with Crippen molar-refractivity contribution in [2.24, 2.45) is 9.39 Å². The summed E-state index contributed by atoms with van der Waals surface area (Å²) in [5.74, 6) is -0.238. The molecule has 0 bridgehead atoms. The second kappa shape index (κ2) is 7.01. The summed E-state index contributed by atoms with van der Waals surface area (Å²) >= 11 is 0.760. The topological polar surface area (TPSA) is 117 Å². The number of hydrogen-bond acceptors (Lipinski definition) is 7. The van der Waals surface area contributed by atoms with Crippen molar-refractivity contribution in [1.29, 1.82) is 5.41 Å². The minimum Gasteiger partial charge on any atom is -0.497 e. The van der Waals surface area contributed by atoms with E-state index in [9.17, 15) is 13.2 Å². The molecule has 2 aromatic rings. The third kappa shape index (κ3) is 3.38. The molecule has 0 saturated heterocycles. The fraction of sp³-hybridized carbons (Fsp3) is 0.111. The lowest BCUT2D eigenvalue weighted by molar-refractivity contribution is -0.114. The summed E-state index contributed by atoms with van der Waals surface area (Å²) in [5, 5.41) is 8.17. The molecule has 0 spiro atoms. The van der Waals surface area contributed by atoms with E-state index in [1.54, 1.807) is 19.2 Å². The molecule has 2 aliphatic rings. The van der Waals surface area contributed by atoms with Crippen LogP contribution in [0.25, 0.3) is 11.8 Å². The molecule has 0 unspecified atom stereocenters. The Bertz CT molecular complexity index is 1240. The molecule has 148 valence electrons. The first kappa shape index (κ1) is 19.2. The van der Waals surface area contributed by atoms with Crippen molar-refractivity contribution in [2.45, 2.75) is 0 Å². The van der Waals surface area contributed by atoms with Gasteiger partial charge in [-0.05, 0) is 30.3 Å². The number of ether oxygens (including phenoxy) is 1. The number of aliphatic imine (C=N–C) groups is 1. The highest BCUT2D eigenvalue weighted by molar-refractivity contribution is 8.16. The van der Waals surface area contributed by atoms with Crippen molar-refractivity contribution in [2.75, 3.05) is 13.4 Å². The van der Waals surface area contributed by atoms with E-state index in [1.807, 2.05) is 35.0 Å². The molecule has 0 fully saturated rings. The highest BCUT2D eigenvalue weighted by Crippen LogP contribution is 2.30. The number of carbonyl (C=O) groups excluding carboxylic acids is 1. The molecule has 9 nitrogen and oxygen atoms in total. The second-order valence-corrected chi connectivity index (χ2v) is 8.82. The van der Waals surface area contributed by atoms with Crippen LogP contribution in [-0.4, -0.2) is 53.3 Å². The molecule has 1 N–H and O–H groups in total. The quantitative estimate of drug-likeness (QED) is 0.590. The van der Waals surface area contributed by atoms with Crippen molar-refractivity contribution in [3.8, 4) is 11.4 Å². The Morgan fingerprint density at radius 2 is 2.03 bits per heavy atom. The number of benzene rings is 1. The van der Waals surface area contributed by atoms with Gasteiger partial charge >= 0.3 is 0 Å². The highest BCUT2D eigenvalue weighted by Gasteiger charge is 2.41. The lowest BCUT2D eigenvalue weighted by Gasteiger charge is -2.23. The Labute approximate surface area is 171 Å². The van der Waals surface area contributed by atoms with Crippen LogP contribution in [0.1, 0.15) is 5.69 Å².